The lowest BCUT2D eigenvalue weighted by Crippen LogP contribution is -2.11. The number of nitrogens with one attached hydrogen (secondary N) is 1. The predicted molar refractivity (Wildman–Crippen MR) is 50.9 cm³/mol. The summed E-state index contributed by atoms with van der Waals surface area (Å²) in [6.07, 6.45) is 0. The fourth-order valence-electron chi connectivity index (χ4n) is 0.982. The molecule has 0 radical (unpaired) electrons. The van der Waals surface area contributed by atoms with E-state index in [1.807, 2.05) is 25.1 Å². The van der Waals surface area contributed by atoms with Crippen LogP contribution in [0.25, 0.3) is 0 Å². The summed E-state index contributed by atoms with van der Waals surface area (Å²) in [4.78, 5) is 3.60. The van der Waals surface area contributed by atoms with Gasteiger partial charge in [0.2, 0.25) is 0 Å². The van der Waals surface area contributed by atoms with Gasteiger partial charge in [-0.25, -0.2) is 0 Å². The van der Waals surface area contributed by atoms with Crippen LogP contribution in [0.2, 0.25) is 0 Å². The van der Waals surface area contributed by atoms with Crippen LogP contribution in [0.4, 0.5) is 0 Å². The number of hydrogen-bond donors (Lipinski definition) is 2. The minimum atomic E-state index is 0.899. The summed E-state index contributed by atoms with van der Waals surface area (Å²) in [5.74, 6) is 6.06. The highest BCUT2D eigenvalue weighted by Crippen LogP contribution is 2.22. The number of ether oxygens (including phenoxy) is 1. The molecule has 0 aromatic heterocycles. The van der Waals surface area contributed by atoms with Gasteiger partial charge in [0.05, 0.1) is 7.11 Å². The van der Waals surface area contributed by atoms with Crippen LogP contribution in [0, 0.1) is 6.92 Å². The van der Waals surface area contributed by atoms with Crippen molar-refractivity contribution in [3.63, 3.8) is 0 Å². The van der Waals surface area contributed by atoms with E-state index in [9.17, 15) is 0 Å². The molecule has 1 aromatic carbocycles. The van der Waals surface area contributed by atoms with Crippen molar-refractivity contribution in [1.29, 1.82) is 0 Å². The van der Waals surface area contributed by atoms with Gasteiger partial charge in [-0.15, -0.1) is 0 Å². The molecule has 0 fully saturated rings. The van der Waals surface area contributed by atoms with Gasteiger partial charge >= 0.3 is 0 Å². The lowest BCUT2D eigenvalue weighted by molar-refractivity contribution is 0.411. The van der Waals surface area contributed by atoms with E-state index in [2.05, 4.69) is 4.83 Å². The summed E-state index contributed by atoms with van der Waals surface area (Å²) in [5.41, 5.74) is 1.11. The minimum Gasteiger partial charge on any atom is -0.496 e. The molecule has 0 amide bonds. The van der Waals surface area contributed by atoms with Crippen LogP contribution < -0.4 is 15.4 Å². The molecule has 0 heterocycles. The van der Waals surface area contributed by atoms with Crippen LogP contribution >= 0.6 is 11.9 Å². The van der Waals surface area contributed by atoms with Gasteiger partial charge in [-0.05, 0) is 42.6 Å². The third kappa shape index (κ3) is 2.14. The number of hydrazine groups is 1. The highest BCUT2D eigenvalue weighted by molar-refractivity contribution is 7.97. The maximum Gasteiger partial charge on any atom is 0.121 e. The van der Waals surface area contributed by atoms with E-state index in [4.69, 9.17) is 10.6 Å². The molecule has 0 saturated carbocycles. The first-order chi connectivity index (χ1) is 5.77. The second kappa shape index (κ2) is 4.35. The first-order valence-corrected chi connectivity index (χ1v) is 4.36. The second-order valence-corrected chi connectivity index (χ2v) is 3.26. The zero-order valence-electron chi connectivity index (χ0n) is 7.13. The van der Waals surface area contributed by atoms with E-state index in [1.54, 1.807) is 7.11 Å². The zero-order chi connectivity index (χ0) is 8.97. The molecule has 3 N–H and O–H groups in total. The summed E-state index contributed by atoms with van der Waals surface area (Å²) in [6, 6.07) is 5.90. The first-order valence-electron chi connectivity index (χ1n) is 3.55. The van der Waals surface area contributed by atoms with E-state index in [1.165, 1.54) is 11.9 Å². The van der Waals surface area contributed by atoms with Crippen molar-refractivity contribution >= 4 is 11.9 Å². The Morgan fingerprint density at radius 2 is 2.25 bits per heavy atom. The molecule has 0 atom stereocenters. The van der Waals surface area contributed by atoms with Crippen molar-refractivity contribution < 1.29 is 4.74 Å². The maximum absolute atomic E-state index is 5.16. The van der Waals surface area contributed by atoms with E-state index in [-0.39, 0.29) is 0 Å². The number of benzene rings is 1. The van der Waals surface area contributed by atoms with Gasteiger partial charge in [0.1, 0.15) is 5.75 Å². The first kappa shape index (κ1) is 9.38. The third-order valence-corrected chi connectivity index (χ3v) is 2.15. The SMILES string of the molecule is COc1ccc(SNN)cc1C. The van der Waals surface area contributed by atoms with Crippen molar-refractivity contribution in [2.45, 2.75) is 11.8 Å². The molecular formula is C8H12N2OS. The molecule has 0 bridgehead atoms. The number of hydrogen-bond acceptors (Lipinski definition) is 4. The van der Waals surface area contributed by atoms with Gasteiger partial charge in [-0.2, -0.15) is 4.83 Å². The lowest BCUT2D eigenvalue weighted by Gasteiger charge is -2.05. The molecule has 4 heteroatoms. The molecule has 0 spiro atoms. The van der Waals surface area contributed by atoms with Crippen molar-refractivity contribution in [1.82, 2.24) is 4.83 Å². The Balaban J connectivity index is 2.86. The smallest absolute Gasteiger partial charge is 0.121 e. The Kier molecular flexibility index (Phi) is 3.40. The van der Waals surface area contributed by atoms with Crippen molar-refractivity contribution in [3.8, 4) is 5.75 Å². The molecule has 66 valence electrons. The summed E-state index contributed by atoms with van der Waals surface area (Å²) >= 11 is 1.38. The van der Waals surface area contributed by atoms with Crippen LogP contribution in [-0.4, -0.2) is 7.11 Å². The number of methoxy groups -OCH3 is 1. The summed E-state index contributed by atoms with van der Waals surface area (Å²) in [5, 5.41) is 0. The van der Waals surface area contributed by atoms with Gasteiger partial charge in [0, 0.05) is 4.90 Å². The number of aryl methyl sites for hydroxylation is 1. The minimum absolute atomic E-state index is 0.899. The molecule has 12 heavy (non-hydrogen) atoms. The van der Waals surface area contributed by atoms with Crippen molar-refractivity contribution in [3.05, 3.63) is 23.8 Å². The predicted octanol–water partition coefficient (Wildman–Crippen LogP) is 1.47. The molecule has 3 nitrogen and oxygen atoms in total. The largest absolute Gasteiger partial charge is 0.496 e. The summed E-state index contributed by atoms with van der Waals surface area (Å²) in [7, 11) is 1.66. The van der Waals surface area contributed by atoms with Crippen LogP contribution in [0.5, 0.6) is 5.75 Å². The lowest BCUT2D eigenvalue weighted by atomic mass is 10.2. The highest BCUT2D eigenvalue weighted by atomic mass is 32.2. The van der Waals surface area contributed by atoms with Gasteiger partial charge in [0.25, 0.3) is 0 Å². The maximum atomic E-state index is 5.16. The highest BCUT2D eigenvalue weighted by Gasteiger charge is 1.98. The Morgan fingerprint density at radius 3 is 2.75 bits per heavy atom. The van der Waals surface area contributed by atoms with Crippen LogP contribution in [0.3, 0.4) is 0 Å². The van der Waals surface area contributed by atoms with Crippen molar-refractivity contribution in [2.75, 3.05) is 7.11 Å². The standard InChI is InChI=1S/C8H12N2OS/c1-6-5-7(12-10-9)3-4-8(6)11-2/h3-5,10H,9H2,1-2H3. The molecule has 1 aromatic rings. The van der Waals surface area contributed by atoms with Gasteiger partial charge in [-0.3, -0.25) is 5.84 Å². The molecule has 0 aliphatic heterocycles. The van der Waals surface area contributed by atoms with Crippen LogP contribution in [0.15, 0.2) is 23.1 Å². The fourth-order valence-corrected chi connectivity index (χ4v) is 1.49. The van der Waals surface area contributed by atoms with Gasteiger partial charge in [0.15, 0.2) is 0 Å². The summed E-state index contributed by atoms with van der Waals surface area (Å²) in [6.45, 7) is 2.00. The number of rotatable bonds is 3. The molecular weight excluding hydrogens is 172 g/mol. The van der Waals surface area contributed by atoms with Gasteiger partial charge < -0.3 is 4.74 Å². The monoisotopic (exact) mass is 184 g/mol. The molecule has 0 aliphatic carbocycles. The molecule has 0 unspecified atom stereocenters. The van der Waals surface area contributed by atoms with E-state index in [0.717, 1.165) is 16.2 Å². The third-order valence-electron chi connectivity index (χ3n) is 1.54. The summed E-state index contributed by atoms with van der Waals surface area (Å²) < 4.78 is 5.12. The van der Waals surface area contributed by atoms with Crippen molar-refractivity contribution in [2.24, 2.45) is 5.84 Å². The normalized spacial score (nSPS) is 9.92. The van der Waals surface area contributed by atoms with E-state index < -0.39 is 0 Å². The average Bonchev–Trinajstić information content (AvgIpc) is 2.05. The van der Waals surface area contributed by atoms with Crippen LogP contribution in [-0.2, 0) is 0 Å². The van der Waals surface area contributed by atoms with E-state index in [0.29, 0.717) is 0 Å². The number of nitrogens with two attached hydrogens (primary N) is 1. The Morgan fingerprint density at radius 1 is 1.50 bits per heavy atom. The Hall–Kier alpha value is -0.710. The molecule has 0 saturated heterocycles. The van der Waals surface area contributed by atoms with E-state index >= 15 is 0 Å². The molecule has 1 rings (SSSR count). The molecule has 0 aliphatic rings. The average molecular weight is 184 g/mol. The zero-order valence-corrected chi connectivity index (χ0v) is 7.94. The fraction of sp³-hybridized carbons (Fsp3) is 0.250. The topological polar surface area (TPSA) is 47.3 Å². The Labute approximate surface area is 76.4 Å². The second-order valence-electron chi connectivity index (χ2n) is 2.35. The van der Waals surface area contributed by atoms with Crippen LogP contribution in [0.1, 0.15) is 5.56 Å². The quantitative estimate of drug-likeness (QED) is 0.424. The Bertz CT molecular complexity index is 265. The van der Waals surface area contributed by atoms with Gasteiger partial charge in [-0.1, -0.05) is 0 Å².